The molecule has 8 heteroatoms. The lowest BCUT2D eigenvalue weighted by Crippen LogP contribution is -2.26. The molecule has 0 aromatic heterocycles. The van der Waals surface area contributed by atoms with Gasteiger partial charge < -0.3 is 14.9 Å². The van der Waals surface area contributed by atoms with Crippen molar-refractivity contribution in [2.45, 2.75) is 26.2 Å². The molecular weight excluding hydrogens is 494 g/mol. The van der Waals surface area contributed by atoms with Crippen molar-refractivity contribution in [1.82, 2.24) is 0 Å². The first-order valence-electron chi connectivity index (χ1n) is 12.7. The molecule has 0 bridgehead atoms. The molecule has 0 spiro atoms. The molecule has 5 rings (SSSR count). The number of aryl methyl sites for hydroxylation is 1. The van der Waals surface area contributed by atoms with Gasteiger partial charge in [-0.1, -0.05) is 67.9 Å². The molecule has 0 atom stereocenters. The lowest BCUT2D eigenvalue weighted by atomic mass is 10.0. The highest BCUT2D eigenvalue weighted by molar-refractivity contribution is 6.55. The van der Waals surface area contributed by atoms with E-state index in [0.717, 1.165) is 30.6 Å². The van der Waals surface area contributed by atoms with Gasteiger partial charge in [0.1, 0.15) is 11.5 Å². The molecule has 0 saturated carbocycles. The number of nitrogens with zero attached hydrogens (tertiary/aromatic N) is 2. The normalized spacial score (nSPS) is 13.4. The molecule has 1 heterocycles. The van der Waals surface area contributed by atoms with Crippen molar-refractivity contribution in [3.05, 3.63) is 102 Å². The maximum Gasteiger partial charge on any atom is 0.511 e. The van der Waals surface area contributed by atoms with Crippen molar-refractivity contribution in [1.29, 1.82) is 0 Å². The van der Waals surface area contributed by atoms with Gasteiger partial charge in [0.25, 0.3) is 5.91 Å². The van der Waals surface area contributed by atoms with Gasteiger partial charge in [-0.05, 0) is 60.4 Å². The number of hydrazone groups is 1. The number of unbranched alkanes of at least 4 members (excludes halogenated alkanes) is 1. The van der Waals surface area contributed by atoms with Gasteiger partial charge in [0.2, 0.25) is 0 Å². The van der Waals surface area contributed by atoms with E-state index in [9.17, 15) is 14.7 Å². The van der Waals surface area contributed by atoms with Crippen LogP contribution >= 0.6 is 0 Å². The number of hydrogen-bond acceptors (Lipinski definition) is 6. The van der Waals surface area contributed by atoms with Crippen molar-refractivity contribution in [3.8, 4) is 22.6 Å². The van der Waals surface area contributed by atoms with Crippen LogP contribution in [0.3, 0.4) is 0 Å². The molecule has 0 aliphatic carbocycles. The van der Waals surface area contributed by atoms with Crippen molar-refractivity contribution in [2.24, 2.45) is 5.10 Å². The van der Waals surface area contributed by atoms with E-state index < -0.39 is 6.16 Å². The number of phenols is 1. The second-order valence-corrected chi connectivity index (χ2v) is 9.10. The van der Waals surface area contributed by atoms with E-state index in [1.807, 2.05) is 48.5 Å². The fraction of sp³-hybridized carbons (Fsp3) is 0.129. The van der Waals surface area contributed by atoms with Gasteiger partial charge in [0.15, 0.2) is 5.71 Å². The topological polar surface area (TPSA) is 111 Å². The van der Waals surface area contributed by atoms with Gasteiger partial charge in [0, 0.05) is 16.8 Å². The summed E-state index contributed by atoms with van der Waals surface area (Å²) in [5.74, 6) is -0.253. The number of phenolic OH excluding ortho intramolecular Hbond substituents is 1. The maximum atomic E-state index is 13.6. The lowest BCUT2D eigenvalue weighted by Gasteiger charge is -2.17. The summed E-state index contributed by atoms with van der Waals surface area (Å²) in [5, 5.41) is 24.3. The summed E-state index contributed by atoms with van der Waals surface area (Å²) in [6, 6.07) is 26.9. The number of anilines is 3. The molecule has 3 N–H and O–H groups in total. The SMILES string of the molecule is CCCCc1ccc(N2C(=O)C(=NNc3cccc(-c4cccc(OC(=O)O)c4)c3O)c3ccccc32)cc1. The first-order valence-corrected chi connectivity index (χ1v) is 12.7. The molecule has 1 aliphatic rings. The first-order chi connectivity index (χ1) is 19.0. The second kappa shape index (κ2) is 11.1. The van der Waals surface area contributed by atoms with Gasteiger partial charge in [-0.25, -0.2) is 4.79 Å². The summed E-state index contributed by atoms with van der Waals surface area (Å²) in [5.41, 5.74) is 7.76. The van der Waals surface area contributed by atoms with E-state index in [0.29, 0.717) is 16.7 Å². The summed E-state index contributed by atoms with van der Waals surface area (Å²) in [7, 11) is 0. The number of fused-ring (bicyclic) bond motifs is 1. The number of ether oxygens (including phenoxy) is 1. The van der Waals surface area contributed by atoms with Crippen LogP contribution in [0.2, 0.25) is 0 Å². The standard InChI is InChI=1S/C31H27N3O5/c1-2-3-8-20-15-17-22(18-16-20)34-27-14-5-4-11-25(27)28(30(34)36)33-32-26-13-7-12-24(29(26)35)21-9-6-10-23(19-21)39-31(37)38/h4-7,9-19,32,35H,2-3,8H2,1H3,(H,37,38). The van der Waals surface area contributed by atoms with Gasteiger partial charge >= 0.3 is 6.16 Å². The number of para-hydroxylation sites is 2. The largest absolute Gasteiger partial charge is 0.511 e. The summed E-state index contributed by atoms with van der Waals surface area (Å²) in [6.07, 6.45) is 1.81. The Morgan fingerprint density at radius 1 is 0.949 bits per heavy atom. The van der Waals surface area contributed by atoms with Gasteiger partial charge in [-0.3, -0.25) is 15.1 Å². The van der Waals surface area contributed by atoms with E-state index in [-0.39, 0.29) is 28.8 Å². The molecule has 1 amide bonds. The number of rotatable bonds is 8. The number of carbonyl (C=O) groups is 2. The molecule has 0 saturated heterocycles. The molecule has 0 unspecified atom stereocenters. The Morgan fingerprint density at radius 3 is 2.46 bits per heavy atom. The van der Waals surface area contributed by atoms with Crippen molar-refractivity contribution in [2.75, 3.05) is 10.3 Å². The number of nitrogens with one attached hydrogen (secondary N) is 1. The predicted octanol–water partition coefficient (Wildman–Crippen LogP) is 6.95. The van der Waals surface area contributed by atoms with Gasteiger partial charge in [-0.2, -0.15) is 5.10 Å². The molecule has 0 radical (unpaired) electrons. The number of aromatic hydroxyl groups is 1. The number of benzene rings is 4. The van der Waals surface area contributed by atoms with Crippen molar-refractivity contribution < 1.29 is 24.5 Å². The summed E-state index contributed by atoms with van der Waals surface area (Å²) in [4.78, 5) is 26.1. The molecule has 39 heavy (non-hydrogen) atoms. The predicted molar refractivity (Wildman–Crippen MR) is 151 cm³/mol. The van der Waals surface area contributed by atoms with E-state index in [2.05, 4.69) is 17.5 Å². The van der Waals surface area contributed by atoms with E-state index in [1.165, 1.54) is 17.7 Å². The Morgan fingerprint density at radius 2 is 1.69 bits per heavy atom. The quantitative estimate of drug-likeness (QED) is 0.100. The third-order valence-electron chi connectivity index (χ3n) is 6.49. The Kier molecular flexibility index (Phi) is 7.27. The van der Waals surface area contributed by atoms with Crippen LogP contribution in [-0.2, 0) is 11.2 Å². The summed E-state index contributed by atoms with van der Waals surface area (Å²) in [6.45, 7) is 2.16. The van der Waals surface area contributed by atoms with E-state index in [1.54, 1.807) is 35.2 Å². The van der Waals surface area contributed by atoms with Crippen LogP contribution in [0.1, 0.15) is 30.9 Å². The second-order valence-electron chi connectivity index (χ2n) is 9.10. The Labute approximate surface area is 225 Å². The zero-order valence-electron chi connectivity index (χ0n) is 21.3. The first kappa shape index (κ1) is 25.5. The zero-order valence-corrected chi connectivity index (χ0v) is 21.3. The number of hydrogen-bond donors (Lipinski definition) is 3. The van der Waals surface area contributed by atoms with Crippen LogP contribution in [0.25, 0.3) is 11.1 Å². The average Bonchev–Trinajstić information content (AvgIpc) is 3.22. The highest BCUT2D eigenvalue weighted by Gasteiger charge is 2.35. The van der Waals surface area contributed by atoms with Gasteiger partial charge in [0.05, 0.1) is 11.4 Å². The minimum absolute atomic E-state index is 0.104. The number of carbonyl (C=O) groups excluding carboxylic acids is 1. The molecular formula is C31H27N3O5. The third kappa shape index (κ3) is 5.31. The molecule has 1 aliphatic heterocycles. The molecule has 4 aromatic carbocycles. The maximum absolute atomic E-state index is 13.6. The smallest absolute Gasteiger partial charge is 0.505 e. The average molecular weight is 522 g/mol. The lowest BCUT2D eigenvalue weighted by molar-refractivity contribution is -0.111. The highest BCUT2D eigenvalue weighted by atomic mass is 16.7. The molecule has 8 nitrogen and oxygen atoms in total. The van der Waals surface area contributed by atoms with Crippen LogP contribution < -0.4 is 15.1 Å². The zero-order chi connectivity index (χ0) is 27.4. The van der Waals surface area contributed by atoms with E-state index in [4.69, 9.17) is 9.84 Å². The fourth-order valence-corrected chi connectivity index (χ4v) is 4.57. The van der Waals surface area contributed by atoms with Crippen LogP contribution in [0.4, 0.5) is 21.9 Å². The fourth-order valence-electron chi connectivity index (χ4n) is 4.57. The minimum Gasteiger partial charge on any atom is -0.505 e. The van der Waals surface area contributed by atoms with E-state index >= 15 is 0 Å². The number of carboxylic acid groups (broad SMARTS) is 1. The molecule has 0 fully saturated rings. The number of amides is 1. The van der Waals surface area contributed by atoms with Crippen molar-refractivity contribution >= 4 is 34.8 Å². The van der Waals surface area contributed by atoms with Crippen LogP contribution in [-0.4, -0.2) is 28.0 Å². The van der Waals surface area contributed by atoms with Gasteiger partial charge in [-0.15, -0.1) is 0 Å². The van der Waals surface area contributed by atoms with Crippen LogP contribution in [0, 0.1) is 0 Å². The highest BCUT2D eigenvalue weighted by Crippen LogP contribution is 2.38. The monoisotopic (exact) mass is 521 g/mol. The minimum atomic E-state index is -1.43. The van der Waals surface area contributed by atoms with Crippen LogP contribution in [0.5, 0.6) is 11.5 Å². The Hall–Kier alpha value is -5.11. The molecule has 4 aromatic rings. The summed E-state index contributed by atoms with van der Waals surface area (Å²) >= 11 is 0. The summed E-state index contributed by atoms with van der Waals surface area (Å²) < 4.78 is 4.73. The van der Waals surface area contributed by atoms with Crippen molar-refractivity contribution in [3.63, 3.8) is 0 Å². The Bertz CT molecular complexity index is 1560. The third-order valence-corrected chi connectivity index (χ3v) is 6.49. The van der Waals surface area contributed by atoms with Crippen LogP contribution in [0.15, 0.2) is 96.1 Å². The Balaban J connectivity index is 1.43. The molecule has 196 valence electrons.